The van der Waals surface area contributed by atoms with Crippen molar-refractivity contribution in [2.75, 3.05) is 11.5 Å². The Balaban J connectivity index is 1.52. The molecule has 0 aliphatic rings. The van der Waals surface area contributed by atoms with Crippen LogP contribution >= 0.6 is 0 Å². The lowest BCUT2D eigenvalue weighted by Crippen LogP contribution is -2.06. The SMILES string of the molecule is CCCCCCCCCCCCCCCCCCS(=O)(=O)c1ccc(C=Cc2ccccc2N)cc1. The maximum absolute atomic E-state index is 12.7. The van der Waals surface area contributed by atoms with Gasteiger partial charge in [-0.25, -0.2) is 8.42 Å². The second-order valence-corrected chi connectivity index (χ2v) is 12.3. The second-order valence-electron chi connectivity index (χ2n) is 10.2. The highest BCUT2D eigenvalue weighted by Gasteiger charge is 2.13. The molecule has 0 unspecified atom stereocenters. The van der Waals surface area contributed by atoms with Crippen molar-refractivity contribution in [3.05, 3.63) is 59.7 Å². The molecule has 2 aromatic rings. The average Bonchev–Trinajstić information content (AvgIpc) is 2.88. The molecule has 36 heavy (non-hydrogen) atoms. The van der Waals surface area contributed by atoms with Crippen LogP contribution in [-0.2, 0) is 9.84 Å². The third-order valence-electron chi connectivity index (χ3n) is 6.96. The van der Waals surface area contributed by atoms with Gasteiger partial charge in [0.25, 0.3) is 0 Å². The summed E-state index contributed by atoms with van der Waals surface area (Å²) in [6, 6.07) is 14.8. The minimum absolute atomic E-state index is 0.237. The maximum atomic E-state index is 12.7. The van der Waals surface area contributed by atoms with Crippen LogP contribution in [0.2, 0.25) is 0 Å². The maximum Gasteiger partial charge on any atom is 0.178 e. The van der Waals surface area contributed by atoms with Crippen molar-refractivity contribution in [2.24, 2.45) is 0 Å². The third-order valence-corrected chi connectivity index (χ3v) is 8.77. The lowest BCUT2D eigenvalue weighted by atomic mass is 10.0. The summed E-state index contributed by atoms with van der Waals surface area (Å²) in [6.07, 6.45) is 24.6. The van der Waals surface area contributed by atoms with Crippen molar-refractivity contribution < 1.29 is 8.42 Å². The van der Waals surface area contributed by atoms with Gasteiger partial charge in [-0.05, 0) is 35.7 Å². The van der Waals surface area contributed by atoms with E-state index >= 15 is 0 Å². The largest absolute Gasteiger partial charge is 0.398 e. The van der Waals surface area contributed by atoms with Crippen LogP contribution in [0.5, 0.6) is 0 Å². The Kier molecular flexibility index (Phi) is 15.3. The molecule has 0 radical (unpaired) electrons. The van der Waals surface area contributed by atoms with Gasteiger partial charge in [-0.3, -0.25) is 0 Å². The molecule has 3 nitrogen and oxygen atoms in total. The molecule has 0 bridgehead atoms. The van der Waals surface area contributed by atoms with Crippen molar-refractivity contribution in [3.8, 4) is 0 Å². The Labute approximate surface area is 221 Å². The third kappa shape index (κ3) is 12.8. The van der Waals surface area contributed by atoms with Gasteiger partial charge in [0.1, 0.15) is 0 Å². The van der Waals surface area contributed by atoms with Gasteiger partial charge in [0.15, 0.2) is 9.84 Å². The van der Waals surface area contributed by atoms with Crippen molar-refractivity contribution in [3.63, 3.8) is 0 Å². The van der Waals surface area contributed by atoms with Crippen molar-refractivity contribution >= 4 is 27.7 Å². The molecule has 0 saturated heterocycles. The molecule has 0 spiro atoms. The van der Waals surface area contributed by atoms with Gasteiger partial charge < -0.3 is 5.73 Å². The predicted octanol–water partition coefficient (Wildman–Crippen LogP) is 9.47. The number of hydrogen-bond donors (Lipinski definition) is 1. The van der Waals surface area contributed by atoms with Gasteiger partial charge in [0.05, 0.1) is 10.6 Å². The quantitative estimate of drug-likeness (QED) is 0.109. The highest BCUT2D eigenvalue weighted by molar-refractivity contribution is 7.91. The number of benzene rings is 2. The van der Waals surface area contributed by atoms with E-state index in [0.717, 1.165) is 36.1 Å². The first-order chi connectivity index (χ1) is 17.5. The molecular formula is C32H49NO2S. The Bertz CT molecular complexity index is 964. The number of nitrogens with two attached hydrogens (primary N) is 1. The molecule has 0 aromatic heterocycles. The first kappa shape index (κ1) is 30.2. The normalized spacial score (nSPS) is 11.9. The molecule has 200 valence electrons. The van der Waals surface area contributed by atoms with Crippen LogP contribution in [0.15, 0.2) is 53.4 Å². The van der Waals surface area contributed by atoms with Gasteiger partial charge in [-0.15, -0.1) is 0 Å². The number of unbranched alkanes of at least 4 members (excludes halogenated alkanes) is 15. The molecule has 0 fully saturated rings. The van der Waals surface area contributed by atoms with Crippen LogP contribution < -0.4 is 5.73 Å². The Morgan fingerprint density at radius 3 is 1.58 bits per heavy atom. The number of para-hydroxylation sites is 1. The van der Waals surface area contributed by atoms with Gasteiger partial charge in [-0.2, -0.15) is 0 Å². The molecule has 2 N–H and O–H groups in total. The summed E-state index contributed by atoms with van der Waals surface area (Å²) in [6.45, 7) is 2.27. The smallest absolute Gasteiger partial charge is 0.178 e. The summed E-state index contributed by atoms with van der Waals surface area (Å²) in [7, 11) is -3.21. The van der Waals surface area contributed by atoms with E-state index in [1.807, 2.05) is 48.6 Å². The zero-order valence-corrected chi connectivity index (χ0v) is 23.4. The van der Waals surface area contributed by atoms with E-state index in [1.165, 1.54) is 83.5 Å². The number of hydrogen-bond acceptors (Lipinski definition) is 3. The molecule has 2 aromatic carbocycles. The summed E-state index contributed by atoms with van der Waals surface area (Å²) in [5.74, 6) is 0.237. The van der Waals surface area contributed by atoms with Crippen LogP contribution in [0.3, 0.4) is 0 Å². The second kappa shape index (κ2) is 18.2. The van der Waals surface area contributed by atoms with Crippen LogP contribution in [0.4, 0.5) is 5.69 Å². The summed E-state index contributed by atoms with van der Waals surface area (Å²) >= 11 is 0. The summed E-state index contributed by atoms with van der Waals surface area (Å²) in [4.78, 5) is 0.417. The lowest BCUT2D eigenvalue weighted by molar-refractivity contribution is 0.531. The lowest BCUT2D eigenvalue weighted by Gasteiger charge is -2.06. The van der Waals surface area contributed by atoms with Gasteiger partial charge >= 0.3 is 0 Å². The fraction of sp³-hybridized carbons (Fsp3) is 0.562. The Morgan fingerprint density at radius 1 is 0.611 bits per heavy atom. The van der Waals surface area contributed by atoms with E-state index in [2.05, 4.69) is 6.92 Å². The van der Waals surface area contributed by atoms with Gasteiger partial charge in [-0.1, -0.05) is 146 Å². The van der Waals surface area contributed by atoms with E-state index in [0.29, 0.717) is 4.90 Å². The Hall–Kier alpha value is -2.07. The van der Waals surface area contributed by atoms with E-state index in [4.69, 9.17) is 5.73 Å². The fourth-order valence-corrected chi connectivity index (χ4v) is 5.96. The number of anilines is 1. The molecule has 2 rings (SSSR count). The average molecular weight is 512 g/mol. The van der Waals surface area contributed by atoms with Crippen molar-refractivity contribution in [1.29, 1.82) is 0 Å². The van der Waals surface area contributed by atoms with E-state index in [9.17, 15) is 8.42 Å². The van der Waals surface area contributed by atoms with Gasteiger partial charge in [0, 0.05) is 5.69 Å². The molecule has 0 aliphatic heterocycles. The predicted molar refractivity (Wildman–Crippen MR) is 158 cm³/mol. The zero-order chi connectivity index (χ0) is 25.9. The summed E-state index contributed by atoms with van der Waals surface area (Å²) < 4.78 is 25.4. The molecule has 0 heterocycles. The number of sulfone groups is 1. The van der Waals surface area contributed by atoms with E-state index in [-0.39, 0.29) is 5.75 Å². The van der Waals surface area contributed by atoms with E-state index < -0.39 is 9.84 Å². The minimum atomic E-state index is -3.21. The molecule has 0 atom stereocenters. The van der Waals surface area contributed by atoms with Crippen molar-refractivity contribution in [1.82, 2.24) is 0 Å². The summed E-state index contributed by atoms with van der Waals surface area (Å²) in [5, 5.41) is 0. The molecule has 4 heteroatoms. The molecule has 0 saturated carbocycles. The Morgan fingerprint density at radius 2 is 1.08 bits per heavy atom. The highest BCUT2D eigenvalue weighted by atomic mass is 32.2. The fourth-order valence-electron chi connectivity index (χ4n) is 4.59. The first-order valence-corrected chi connectivity index (χ1v) is 16.0. The number of nitrogen functional groups attached to an aromatic ring is 1. The zero-order valence-electron chi connectivity index (χ0n) is 22.6. The minimum Gasteiger partial charge on any atom is -0.398 e. The van der Waals surface area contributed by atoms with Crippen LogP contribution in [-0.4, -0.2) is 14.2 Å². The summed E-state index contributed by atoms with van der Waals surface area (Å²) in [5.41, 5.74) is 8.61. The number of rotatable bonds is 20. The molecule has 0 aliphatic carbocycles. The first-order valence-electron chi connectivity index (χ1n) is 14.4. The molecular weight excluding hydrogens is 462 g/mol. The highest BCUT2D eigenvalue weighted by Crippen LogP contribution is 2.19. The van der Waals surface area contributed by atoms with E-state index in [1.54, 1.807) is 12.1 Å². The monoisotopic (exact) mass is 511 g/mol. The van der Waals surface area contributed by atoms with Crippen LogP contribution in [0.1, 0.15) is 121 Å². The van der Waals surface area contributed by atoms with Gasteiger partial charge in [0.2, 0.25) is 0 Å². The standard InChI is InChI=1S/C32H49NO2S/c1-2-3-4-5-6-7-8-9-10-11-12-13-14-15-16-19-28-36(34,35)31-26-23-29(24-27-31)22-25-30-20-17-18-21-32(30)33/h17-18,20-27H,2-16,19,28,33H2,1H3. The topological polar surface area (TPSA) is 60.2 Å². The molecule has 0 amide bonds. The van der Waals surface area contributed by atoms with Crippen LogP contribution in [0, 0.1) is 0 Å². The van der Waals surface area contributed by atoms with Crippen LogP contribution in [0.25, 0.3) is 12.2 Å². The van der Waals surface area contributed by atoms with Crippen molar-refractivity contribution in [2.45, 2.75) is 115 Å².